The molecule has 2 aromatic carbocycles. The first kappa shape index (κ1) is 29.0. The summed E-state index contributed by atoms with van der Waals surface area (Å²) in [7, 11) is -0.000815. The van der Waals surface area contributed by atoms with Crippen molar-refractivity contribution in [1.82, 2.24) is 4.31 Å². The van der Waals surface area contributed by atoms with Crippen LogP contribution in [0.2, 0.25) is 0 Å². The summed E-state index contributed by atoms with van der Waals surface area (Å²) < 4.78 is 56.3. The highest BCUT2D eigenvalue weighted by atomic mass is 32.2. The Bertz CT molecular complexity index is 1280. The minimum absolute atomic E-state index is 0.0152. The summed E-state index contributed by atoms with van der Waals surface area (Å²) >= 11 is 0. The second-order valence-electron chi connectivity index (χ2n) is 8.39. The van der Waals surface area contributed by atoms with E-state index in [2.05, 4.69) is 0 Å². The Labute approximate surface area is 223 Å². The number of methoxy groups -OCH3 is 3. The van der Waals surface area contributed by atoms with Gasteiger partial charge < -0.3 is 23.7 Å². The third-order valence-electron chi connectivity index (χ3n) is 6.11. The fourth-order valence-corrected chi connectivity index (χ4v) is 6.09. The Balaban J connectivity index is 2.32. The molecule has 3 rings (SSSR count). The lowest BCUT2D eigenvalue weighted by Crippen LogP contribution is -2.52. The Morgan fingerprint density at radius 2 is 1.50 bits per heavy atom. The van der Waals surface area contributed by atoms with Gasteiger partial charge in [0.05, 0.1) is 51.1 Å². The van der Waals surface area contributed by atoms with Gasteiger partial charge in [0, 0.05) is 0 Å². The van der Waals surface area contributed by atoms with Crippen LogP contribution in [0.4, 0.5) is 0 Å². The summed E-state index contributed by atoms with van der Waals surface area (Å²) in [5.74, 6) is -0.741. The molecule has 10 nitrogen and oxygen atoms in total. The van der Waals surface area contributed by atoms with Gasteiger partial charge in [0.15, 0.2) is 17.5 Å². The van der Waals surface area contributed by atoms with Crippen LogP contribution in [0.3, 0.4) is 0 Å². The largest absolute Gasteiger partial charge is 0.493 e. The Kier molecular flexibility index (Phi) is 9.40. The van der Waals surface area contributed by atoms with Gasteiger partial charge in [-0.15, -0.1) is 0 Å². The molecule has 2 atom stereocenters. The molecular weight excluding hydrogens is 514 g/mol. The van der Waals surface area contributed by atoms with Gasteiger partial charge in [-0.25, -0.2) is 18.0 Å². The van der Waals surface area contributed by atoms with Crippen molar-refractivity contribution in [1.29, 1.82) is 0 Å². The predicted molar refractivity (Wildman–Crippen MR) is 139 cm³/mol. The molecule has 1 aliphatic heterocycles. The molecule has 0 radical (unpaired) electrons. The van der Waals surface area contributed by atoms with E-state index in [1.165, 1.54) is 39.5 Å². The van der Waals surface area contributed by atoms with E-state index in [1.807, 2.05) is 6.92 Å². The summed E-state index contributed by atoms with van der Waals surface area (Å²) in [6.07, 6.45) is 1.59. The van der Waals surface area contributed by atoms with Crippen molar-refractivity contribution in [2.45, 2.75) is 44.2 Å². The second-order valence-corrected chi connectivity index (χ2v) is 10.2. The fourth-order valence-electron chi connectivity index (χ4n) is 4.35. The van der Waals surface area contributed by atoms with Gasteiger partial charge in [-0.05, 0) is 57.0 Å². The van der Waals surface area contributed by atoms with Crippen LogP contribution in [0.5, 0.6) is 17.2 Å². The molecule has 0 fully saturated rings. The van der Waals surface area contributed by atoms with Crippen LogP contribution < -0.4 is 14.2 Å². The van der Waals surface area contributed by atoms with Crippen LogP contribution in [0, 0.1) is 6.92 Å². The Hall–Kier alpha value is -3.57. The molecule has 38 heavy (non-hydrogen) atoms. The Morgan fingerprint density at radius 3 is 2.00 bits per heavy atom. The zero-order valence-electron chi connectivity index (χ0n) is 22.3. The van der Waals surface area contributed by atoms with Crippen molar-refractivity contribution in [3.05, 3.63) is 59.2 Å². The van der Waals surface area contributed by atoms with Crippen LogP contribution in [-0.4, -0.2) is 65.2 Å². The van der Waals surface area contributed by atoms with Crippen LogP contribution in [0.1, 0.15) is 37.4 Å². The van der Waals surface area contributed by atoms with Gasteiger partial charge in [0.25, 0.3) is 0 Å². The summed E-state index contributed by atoms with van der Waals surface area (Å²) in [5.41, 5.74) is 1.21. The number of sulfonamides is 1. The minimum atomic E-state index is -4.35. The van der Waals surface area contributed by atoms with E-state index in [0.717, 1.165) is 9.87 Å². The van der Waals surface area contributed by atoms with Crippen LogP contribution in [0.25, 0.3) is 0 Å². The second kappa shape index (κ2) is 12.3. The lowest BCUT2D eigenvalue weighted by molar-refractivity contribution is -0.150. The van der Waals surface area contributed by atoms with Crippen molar-refractivity contribution in [3.8, 4) is 17.2 Å². The summed E-state index contributed by atoms with van der Waals surface area (Å²) in [6.45, 7) is 5.09. The average molecular weight is 548 g/mol. The third-order valence-corrected chi connectivity index (χ3v) is 7.99. The number of aryl methyl sites for hydroxylation is 1. The zero-order chi connectivity index (χ0) is 28.0. The number of benzene rings is 2. The summed E-state index contributed by atoms with van der Waals surface area (Å²) in [5, 5.41) is 0. The molecule has 0 aromatic heterocycles. The van der Waals surface area contributed by atoms with Crippen LogP contribution >= 0.6 is 0 Å². The van der Waals surface area contributed by atoms with Gasteiger partial charge >= 0.3 is 11.9 Å². The molecule has 0 N–H and O–H groups in total. The molecule has 0 saturated carbocycles. The van der Waals surface area contributed by atoms with E-state index in [4.69, 9.17) is 23.7 Å². The van der Waals surface area contributed by atoms with Crippen molar-refractivity contribution in [2.75, 3.05) is 34.5 Å². The number of esters is 2. The number of hydrogen-bond acceptors (Lipinski definition) is 9. The summed E-state index contributed by atoms with van der Waals surface area (Å²) in [4.78, 5) is 26.2. The predicted octanol–water partition coefficient (Wildman–Crippen LogP) is 3.58. The first-order valence-corrected chi connectivity index (χ1v) is 13.5. The molecule has 206 valence electrons. The molecule has 1 aliphatic rings. The van der Waals surface area contributed by atoms with Crippen LogP contribution in [0.15, 0.2) is 52.9 Å². The number of nitrogens with zero attached hydrogens (tertiary/aromatic N) is 1. The van der Waals surface area contributed by atoms with Crippen LogP contribution in [-0.2, 0) is 29.1 Å². The molecule has 0 amide bonds. The standard InChI is InChI=1S/C27H33NO9S/c1-7-36-26(29)20-13-14-21(18-15-22(33-4)25(35-6)23(16-18)34-5)28(24(20)27(30)37-8-2)38(31,32)19-11-9-17(3)10-12-19/h9-13,15-16,21,24H,7-8,14H2,1-6H3/t21-,24+/m0/s1. The number of rotatable bonds is 10. The summed E-state index contributed by atoms with van der Waals surface area (Å²) in [6, 6.07) is 6.97. The highest BCUT2D eigenvalue weighted by Gasteiger charge is 2.48. The molecule has 11 heteroatoms. The molecule has 0 unspecified atom stereocenters. The molecule has 1 heterocycles. The number of carbonyl (C=O) groups is 2. The molecule has 2 aromatic rings. The van der Waals surface area contributed by atoms with E-state index in [-0.39, 0.29) is 30.1 Å². The van der Waals surface area contributed by atoms with Gasteiger partial charge in [-0.2, -0.15) is 4.31 Å². The lowest BCUT2D eigenvalue weighted by atomic mass is 9.92. The maximum absolute atomic E-state index is 14.2. The van der Waals surface area contributed by atoms with Crippen molar-refractivity contribution < 1.29 is 41.7 Å². The van der Waals surface area contributed by atoms with Gasteiger partial charge in [-0.1, -0.05) is 23.8 Å². The van der Waals surface area contributed by atoms with Gasteiger partial charge in [0.1, 0.15) is 0 Å². The van der Waals surface area contributed by atoms with E-state index >= 15 is 0 Å². The van der Waals surface area contributed by atoms with E-state index in [1.54, 1.807) is 38.1 Å². The minimum Gasteiger partial charge on any atom is -0.493 e. The topological polar surface area (TPSA) is 118 Å². The zero-order valence-corrected chi connectivity index (χ0v) is 23.2. The third kappa shape index (κ3) is 5.63. The molecule has 0 saturated heterocycles. The average Bonchev–Trinajstić information content (AvgIpc) is 2.91. The molecule has 0 aliphatic carbocycles. The number of hydrogen-bond donors (Lipinski definition) is 0. The highest BCUT2D eigenvalue weighted by Crippen LogP contribution is 2.45. The van der Waals surface area contributed by atoms with Gasteiger partial charge in [-0.3, -0.25) is 0 Å². The molecular formula is C27H33NO9S. The normalized spacial score (nSPS) is 17.8. The van der Waals surface area contributed by atoms with E-state index in [9.17, 15) is 18.0 Å². The molecule has 0 bridgehead atoms. The van der Waals surface area contributed by atoms with Crippen molar-refractivity contribution in [3.63, 3.8) is 0 Å². The first-order valence-electron chi connectivity index (χ1n) is 12.1. The van der Waals surface area contributed by atoms with Gasteiger partial charge in [0.2, 0.25) is 15.8 Å². The lowest BCUT2D eigenvalue weighted by Gasteiger charge is -2.39. The molecule has 0 spiro atoms. The SMILES string of the molecule is CCOC(=O)C1=CC[C@@H](c2cc(OC)c(OC)c(OC)c2)N(S(=O)(=O)c2ccc(C)cc2)[C@H]1C(=O)OCC. The Morgan fingerprint density at radius 1 is 0.921 bits per heavy atom. The number of ether oxygens (including phenoxy) is 5. The van der Waals surface area contributed by atoms with E-state index < -0.39 is 34.0 Å². The van der Waals surface area contributed by atoms with E-state index in [0.29, 0.717) is 22.8 Å². The number of carbonyl (C=O) groups excluding carboxylic acids is 2. The highest BCUT2D eigenvalue weighted by molar-refractivity contribution is 7.89. The maximum atomic E-state index is 14.2. The smallest absolute Gasteiger partial charge is 0.335 e. The fraction of sp³-hybridized carbons (Fsp3) is 0.407. The van der Waals surface area contributed by atoms with Crippen molar-refractivity contribution >= 4 is 22.0 Å². The quantitative estimate of drug-likeness (QED) is 0.411. The first-order chi connectivity index (χ1) is 18.1. The van der Waals surface area contributed by atoms with Crippen molar-refractivity contribution in [2.24, 2.45) is 0 Å². The maximum Gasteiger partial charge on any atom is 0.335 e. The monoisotopic (exact) mass is 547 g/mol.